The minimum absolute atomic E-state index is 0.327. The van der Waals surface area contributed by atoms with Gasteiger partial charge in [-0.2, -0.15) is 13.2 Å². The molecule has 3 aromatic rings. The summed E-state index contributed by atoms with van der Waals surface area (Å²) in [7, 11) is 0. The van der Waals surface area contributed by atoms with Crippen LogP contribution in [-0.4, -0.2) is 21.7 Å². The van der Waals surface area contributed by atoms with E-state index in [0.29, 0.717) is 46.0 Å². The maximum Gasteiger partial charge on any atom is 0.416 e. The number of fused-ring (bicyclic) bond motifs is 1. The van der Waals surface area contributed by atoms with Crippen LogP contribution in [0.3, 0.4) is 0 Å². The number of nitrogens with zero attached hydrogens (tertiary/aromatic N) is 2. The van der Waals surface area contributed by atoms with Gasteiger partial charge in [0.05, 0.1) is 28.0 Å². The summed E-state index contributed by atoms with van der Waals surface area (Å²) in [5.41, 5.74) is -1.35. The highest BCUT2D eigenvalue weighted by Crippen LogP contribution is 2.42. The van der Waals surface area contributed by atoms with E-state index in [0.717, 1.165) is 23.5 Å². The Hall–Kier alpha value is -2.19. The van der Waals surface area contributed by atoms with E-state index < -0.39 is 17.3 Å². The molecule has 0 bridgehead atoms. The van der Waals surface area contributed by atoms with E-state index in [1.807, 2.05) is 13.8 Å². The van der Waals surface area contributed by atoms with E-state index in [-0.39, 0.29) is 0 Å². The van der Waals surface area contributed by atoms with E-state index in [4.69, 9.17) is 4.74 Å². The van der Waals surface area contributed by atoms with Crippen LogP contribution in [0.4, 0.5) is 13.2 Å². The number of halogens is 3. The molecule has 0 saturated carbocycles. The maximum atomic E-state index is 13.0. The molecule has 3 rings (SSSR count). The van der Waals surface area contributed by atoms with Crippen LogP contribution in [0.1, 0.15) is 42.8 Å². The van der Waals surface area contributed by atoms with Crippen molar-refractivity contribution in [1.82, 2.24) is 9.97 Å². The second-order valence-corrected chi connectivity index (χ2v) is 7.15. The fourth-order valence-electron chi connectivity index (χ4n) is 2.97. The molecule has 1 aromatic carbocycles. The normalized spacial score (nSPS) is 14.3. The van der Waals surface area contributed by atoms with Crippen molar-refractivity contribution in [3.63, 3.8) is 0 Å². The number of thiazole rings is 1. The van der Waals surface area contributed by atoms with Gasteiger partial charge in [0.25, 0.3) is 0 Å². The van der Waals surface area contributed by atoms with E-state index in [1.54, 1.807) is 12.3 Å². The lowest BCUT2D eigenvalue weighted by Gasteiger charge is -2.27. The number of benzene rings is 1. The van der Waals surface area contributed by atoms with E-state index >= 15 is 0 Å². The Labute approximate surface area is 158 Å². The summed E-state index contributed by atoms with van der Waals surface area (Å²) < 4.78 is 45.0. The fourth-order valence-corrected chi connectivity index (χ4v) is 4.11. The third kappa shape index (κ3) is 3.77. The quantitative estimate of drug-likeness (QED) is 0.626. The highest BCUT2D eigenvalue weighted by Gasteiger charge is 2.38. The van der Waals surface area contributed by atoms with Crippen molar-refractivity contribution in [3.05, 3.63) is 52.8 Å². The minimum atomic E-state index is -4.43. The smallest absolute Gasteiger partial charge is 0.416 e. The van der Waals surface area contributed by atoms with E-state index in [9.17, 15) is 18.3 Å². The Balaban J connectivity index is 2.15. The highest BCUT2D eigenvalue weighted by atomic mass is 32.1. The zero-order chi connectivity index (χ0) is 19.7. The lowest BCUT2D eigenvalue weighted by molar-refractivity contribution is -0.137. The van der Waals surface area contributed by atoms with Gasteiger partial charge in [-0.1, -0.05) is 13.3 Å². The van der Waals surface area contributed by atoms with Crippen LogP contribution in [0, 0.1) is 0 Å². The SMILES string of the molecule is CCCC(O)(c1nc2ccc(C(F)(F)F)cc2s1)c1cnccc1OCC. The van der Waals surface area contributed by atoms with Crippen LogP contribution in [0.5, 0.6) is 5.75 Å². The van der Waals surface area contributed by atoms with Gasteiger partial charge in [-0.15, -0.1) is 11.3 Å². The largest absolute Gasteiger partial charge is 0.493 e. The van der Waals surface area contributed by atoms with Crippen molar-refractivity contribution in [1.29, 1.82) is 0 Å². The van der Waals surface area contributed by atoms with Crippen LogP contribution in [-0.2, 0) is 11.8 Å². The fraction of sp³-hybridized carbons (Fsp3) is 0.368. The van der Waals surface area contributed by atoms with Gasteiger partial charge < -0.3 is 9.84 Å². The first-order chi connectivity index (χ1) is 12.8. The molecule has 2 aromatic heterocycles. The van der Waals surface area contributed by atoms with Crippen molar-refractivity contribution in [2.45, 2.75) is 38.5 Å². The molecule has 1 unspecified atom stereocenters. The molecular formula is C19H19F3N2O2S. The predicted molar refractivity (Wildman–Crippen MR) is 97.9 cm³/mol. The molecule has 0 aliphatic carbocycles. The molecule has 0 aliphatic heterocycles. The molecule has 1 atom stereocenters. The Morgan fingerprint density at radius 2 is 1.96 bits per heavy atom. The molecule has 0 saturated heterocycles. The molecule has 4 nitrogen and oxygen atoms in total. The molecule has 2 heterocycles. The summed E-state index contributed by atoms with van der Waals surface area (Å²) in [5, 5.41) is 11.8. The van der Waals surface area contributed by atoms with Crippen molar-refractivity contribution in [2.24, 2.45) is 0 Å². The minimum Gasteiger partial charge on any atom is -0.493 e. The van der Waals surface area contributed by atoms with E-state index in [2.05, 4.69) is 9.97 Å². The van der Waals surface area contributed by atoms with Gasteiger partial charge in [0.2, 0.25) is 0 Å². The van der Waals surface area contributed by atoms with Crippen LogP contribution >= 0.6 is 11.3 Å². The summed E-state index contributed by atoms with van der Waals surface area (Å²) in [6, 6.07) is 5.06. The monoisotopic (exact) mass is 396 g/mol. The van der Waals surface area contributed by atoms with Gasteiger partial charge in [-0.05, 0) is 37.6 Å². The van der Waals surface area contributed by atoms with Crippen LogP contribution < -0.4 is 4.74 Å². The second-order valence-electron chi connectivity index (χ2n) is 6.11. The molecule has 0 fully saturated rings. The second kappa shape index (κ2) is 7.44. The summed E-state index contributed by atoms with van der Waals surface area (Å²) in [4.78, 5) is 8.51. The number of rotatable bonds is 6. The number of aliphatic hydroxyl groups is 1. The Kier molecular flexibility index (Phi) is 5.39. The van der Waals surface area contributed by atoms with Gasteiger partial charge in [0.1, 0.15) is 16.4 Å². The molecule has 0 amide bonds. The van der Waals surface area contributed by atoms with E-state index in [1.165, 1.54) is 12.3 Å². The lowest BCUT2D eigenvalue weighted by atomic mass is 9.90. The lowest BCUT2D eigenvalue weighted by Crippen LogP contribution is -2.28. The summed E-state index contributed by atoms with van der Waals surface area (Å²) in [5.74, 6) is 0.485. The molecule has 0 spiro atoms. The molecule has 0 radical (unpaired) electrons. The zero-order valence-electron chi connectivity index (χ0n) is 14.9. The first-order valence-corrected chi connectivity index (χ1v) is 9.39. The summed E-state index contributed by atoms with van der Waals surface area (Å²) in [6.45, 7) is 4.16. The molecule has 1 N–H and O–H groups in total. The maximum absolute atomic E-state index is 13.0. The number of ether oxygens (including phenoxy) is 1. The van der Waals surface area contributed by atoms with Gasteiger partial charge in [-0.3, -0.25) is 4.98 Å². The first-order valence-electron chi connectivity index (χ1n) is 8.57. The van der Waals surface area contributed by atoms with Crippen molar-refractivity contribution >= 4 is 21.6 Å². The Morgan fingerprint density at radius 1 is 1.19 bits per heavy atom. The Bertz CT molecular complexity index is 942. The van der Waals surface area contributed by atoms with Crippen molar-refractivity contribution in [2.75, 3.05) is 6.61 Å². The number of alkyl halides is 3. The first kappa shape index (κ1) is 19.6. The zero-order valence-corrected chi connectivity index (χ0v) is 15.7. The van der Waals surface area contributed by atoms with Crippen LogP contribution in [0.25, 0.3) is 10.2 Å². The molecule has 27 heavy (non-hydrogen) atoms. The summed E-state index contributed by atoms with van der Waals surface area (Å²) >= 11 is 1.05. The van der Waals surface area contributed by atoms with Crippen molar-refractivity contribution < 1.29 is 23.0 Å². The number of hydrogen-bond donors (Lipinski definition) is 1. The van der Waals surface area contributed by atoms with Crippen LogP contribution in [0.2, 0.25) is 0 Å². The van der Waals surface area contributed by atoms with Gasteiger partial charge in [0, 0.05) is 12.4 Å². The van der Waals surface area contributed by atoms with Gasteiger partial charge in [-0.25, -0.2) is 4.98 Å². The predicted octanol–water partition coefficient (Wildman–Crippen LogP) is 5.14. The molecule has 144 valence electrons. The molecular weight excluding hydrogens is 377 g/mol. The third-order valence-corrected chi connectivity index (χ3v) is 5.38. The third-order valence-electron chi connectivity index (χ3n) is 4.21. The van der Waals surface area contributed by atoms with Crippen LogP contribution in [0.15, 0.2) is 36.7 Å². The number of aromatic nitrogens is 2. The molecule has 0 aliphatic rings. The molecule has 8 heteroatoms. The van der Waals surface area contributed by atoms with Gasteiger partial charge >= 0.3 is 6.18 Å². The van der Waals surface area contributed by atoms with Gasteiger partial charge in [0.15, 0.2) is 0 Å². The van der Waals surface area contributed by atoms with Crippen molar-refractivity contribution in [3.8, 4) is 5.75 Å². The average Bonchev–Trinajstić information content (AvgIpc) is 3.06. The topological polar surface area (TPSA) is 55.2 Å². The highest BCUT2D eigenvalue weighted by molar-refractivity contribution is 7.18. The summed E-state index contributed by atoms with van der Waals surface area (Å²) in [6.07, 6.45) is -0.363. The number of pyridine rings is 1. The number of hydrogen-bond acceptors (Lipinski definition) is 5. The Morgan fingerprint density at radius 3 is 2.63 bits per heavy atom. The standard InChI is InChI=1S/C19H19F3N2O2S/c1-3-8-18(25,13-11-23-9-7-15(13)26-4-2)17-24-14-6-5-12(19(20,21)22)10-16(14)27-17/h5-7,9-11,25H,3-4,8H2,1-2H3. The average molecular weight is 396 g/mol.